The van der Waals surface area contributed by atoms with Crippen LogP contribution in [0.2, 0.25) is 0 Å². The van der Waals surface area contributed by atoms with Gasteiger partial charge in [-0.1, -0.05) is 57.2 Å². The van der Waals surface area contributed by atoms with Crippen LogP contribution in [0.1, 0.15) is 31.1 Å². The molecule has 0 aliphatic heterocycles. The molecular weight excluding hydrogens is 296 g/mol. The Hall–Kier alpha value is -2.81. The van der Waals surface area contributed by atoms with Crippen LogP contribution in [0.15, 0.2) is 60.8 Å². The zero-order valence-corrected chi connectivity index (χ0v) is 14.3. The first kappa shape index (κ1) is 16.1. The summed E-state index contributed by atoms with van der Waals surface area (Å²) < 4.78 is 0. The van der Waals surface area contributed by atoms with E-state index in [0.717, 1.165) is 33.6 Å². The predicted molar refractivity (Wildman–Crippen MR) is 99.9 cm³/mol. The van der Waals surface area contributed by atoms with E-state index in [-0.39, 0.29) is 11.2 Å². The van der Waals surface area contributed by atoms with E-state index < -0.39 is 0 Å². The monoisotopic (exact) mass is 318 g/mol. The largest absolute Gasteiger partial charge is 0.399 e. The normalized spacial score (nSPS) is 11.5. The Kier molecular flexibility index (Phi) is 4.02. The molecule has 3 nitrogen and oxygen atoms in total. The Morgan fingerprint density at radius 2 is 1.46 bits per heavy atom. The molecule has 3 heteroatoms. The number of anilines is 1. The Balaban J connectivity index is 1.85. The van der Waals surface area contributed by atoms with Crippen LogP contribution in [0, 0.1) is 5.41 Å². The van der Waals surface area contributed by atoms with Crippen LogP contribution >= 0.6 is 0 Å². The first-order valence-electron chi connectivity index (χ1n) is 8.04. The van der Waals surface area contributed by atoms with E-state index in [0.29, 0.717) is 0 Å². The first-order chi connectivity index (χ1) is 11.3. The molecule has 0 atom stereocenters. The number of H-pyrrole nitrogens is 1. The molecule has 0 radical (unpaired) electrons. The highest BCUT2D eigenvalue weighted by Gasteiger charge is 2.22. The lowest BCUT2D eigenvalue weighted by Crippen LogP contribution is -2.19. The third-order valence-electron chi connectivity index (χ3n) is 4.07. The van der Waals surface area contributed by atoms with E-state index in [1.165, 1.54) is 0 Å². The van der Waals surface area contributed by atoms with Crippen molar-refractivity contribution in [1.82, 2.24) is 4.98 Å². The molecule has 0 aliphatic carbocycles. The van der Waals surface area contributed by atoms with Crippen molar-refractivity contribution in [3.63, 3.8) is 0 Å². The molecule has 1 heterocycles. The molecule has 122 valence electrons. The fourth-order valence-electron chi connectivity index (χ4n) is 2.64. The van der Waals surface area contributed by atoms with E-state index in [9.17, 15) is 4.79 Å². The van der Waals surface area contributed by atoms with Crippen molar-refractivity contribution in [2.24, 2.45) is 5.41 Å². The van der Waals surface area contributed by atoms with Gasteiger partial charge in [-0.15, -0.1) is 0 Å². The number of Topliss-reactive ketones (excluding diaryl/α,β-unsaturated/α-hetero) is 1. The quantitative estimate of drug-likeness (QED) is 0.517. The van der Waals surface area contributed by atoms with Crippen molar-refractivity contribution in [1.29, 1.82) is 0 Å². The molecule has 0 saturated heterocycles. The van der Waals surface area contributed by atoms with Gasteiger partial charge in [0, 0.05) is 28.6 Å². The van der Waals surface area contributed by atoms with Crippen molar-refractivity contribution in [2.45, 2.75) is 20.8 Å². The predicted octanol–water partition coefficient (Wildman–Crippen LogP) is 5.16. The number of nitrogens with one attached hydrogen (secondary N) is 1. The van der Waals surface area contributed by atoms with Crippen LogP contribution in [0.5, 0.6) is 0 Å². The minimum Gasteiger partial charge on any atom is -0.399 e. The van der Waals surface area contributed by atoms with Gasteiger partial charge in [-0.2, -0.15) is 0 Å². The molecule has 0 amide bonds. The number of aromatic amines is 1. The summed E-state index contributed by atoms with van der Waals surface area (Å²) in [6, 6.07) is 17.7. The smallest absolute Gasteiger partial charge is 0.168 e. The molecule has 0 fully saturated rings. The average molecular weight is 318 g/mol. The second-order valence-corrected chi connectivity index (χ2v) is 7.08. The number of nitrogens with two attached hydrogens (primary N) is 1. The van der Waals surface area contributed by atoms with Crippen LogP contribution in [-0.2, 0) is 0 Å². The number of nitrogen functional groups attached to an aromatic ring is 1. The Morgan fingerprint density at radius 1 is 0.875 bits per heavy atom. The lowest BCUT2D eigenvalue weighted by molar-refractivity contribution is 0.0858. The standard InChI is InChI=1S/C21H22N2O/c1-21(2,3)20(24)16-6-4-15(5-7-16)19-12-17(13-23-19)14-8-10-18(22)11-9-14/h4-13,23H,22H2,1-3H3. The number of ketones is 1. The summed E-state index contributed by atoms with van der Waals surface area (Å²) in [7, 11) is 0. The Labute approximate surface area is 142 Å². The van der Waals surface area contributed by atoms with Crippen molar-refractivity contribution in [2.75, 3.05) is 5.73 Å². The summed E-state index contributed by atoms with van der Waals surface area (Å²) in [5.74, 6) is 0.156. The number of carbonyl (C=O) groups is 1. The minimum absolute atomic E-state index is 0.156. The van der Waals surface area contributed by atoms with Gasteiger partial charge in [-0.3, -0.25) is 4.79 Å². The van der Waals surface area contributed by atoms with Crippen LogP contribution in [0.4, 0.5) is 5.69 Å². The number of rotatable bonds is 3. The third-order valence-corrected chi connectivity index (χ3v) is 4.07. The van der Waals surface area contributed by atoms with Crippen molar-refractivity contribution in [3.8, 4) is 22.4 Å². The highest BCUT2D eigenvalue weighted by molar-refractivity contribution is 6.00. The third kappa shape index (κ3) is 3.25. The average Bonchev–Trinajstić information content (AvgIpc) is 3.04. The van der Waals surface area contributed by atoms with Crippen molar-refractivity contribution in [3.05, 3.63) is 66.4 Å². The number of hydrogen-bond donors (Lipinski definition) is 2. The summed E-state index contributed by atoms with van der Waals surface area (Å²) in [5, 5.41) is 0. The number of aromatic nitrogens is 1. The molecule has 0 bridgehead atoms. The minimum atomic E-state index is -0.365. The maximum Gasteiger partial charge on any atom is 0.168 e. The van der Waals surface area contributed by atoms with Gasteiger partial charge >= 0.3 is 0 Å². The topological polar surface area (TPSA) is 58.9 Å². The van der Waals surface area contributed by atoms with Gasteiger partial charge in [-0.05, 0) is 34.9 Å². The Bertz CT molecular complexity index is 850. The van der Waals surface area contributed by atoms with Gasteiger partial charge in [0.15, 0.2) is 5.78 Å². The molecule has 1 aromatic heterocycles. The van der Waals surface area contributed by atoms with Gasteiger partial charge in [0.05, 0.1) is 0 Å². The van der Waals surface area contributed by atoms with Gasteiger partial charge < -0.3 is 10.7 Å². The van der Waals surface area contributed by atoms with E-state index >= 15 is 0 Å². The summed E-state index contributed by atoms with van der Waals surface area (Å²) in [6.45, 7) is 5.81. The summed E-state index contributed by atoms with van der Waals surface area (Å²) >= 11 is 0. The molecule has 3 aromatic rings. The van der Waals surface area contributed by atoms with Gasteiger partial charge in [-0.25, -0.2) is 0 Å². The van der Waals surface area contributed by atoms with Crippen LogP contribution in [0.25, 0.3) is 22.4 Å². The zero-order chi connectivity index (χ0) is 17.3. The number of hydrogen-bond acceptors (Lipinski definition) is 2. The SMILES string of the molecule is CC(C)(C)C(=O)c1ccc(-c2cc(-c3ccc(N)cc3)c[nH]2)cc1. The summed E-state index contributed by atoms with van der Waals surface area (Å²) in [4.78, 5) is 15.6. The van der Waals surface area contributed by atoms with Crippen LogP contribution in [0.3, 0.4) is 0 Å². The summed E-state index contributed by atoms with van der Waals surface area (Å²) in [5.41, 5.74) is 11.2. The summed E-state index contributed by atoms with van der Waals surface area (Å²) in [6.07, 6.45) is 1.98. The molecule has 24 heavy (non-hydrogen) atoms. The molecule has 3 rings (SSSR count). The van der Waals surface area contributed by atoms with E-state index in [1.807, 2.05) is 75.5 Å². The Morgan fingerprint density at radius 3 is 2.04 bits per heavy atom. The maximum atomic E-state index is 12.3. The number of carbonyl (C=O) groups excluding carboxylic acids is 1. The molecule has 0 unspecified atom stereocenters. The lowest BCUT2D eigenvalue weighted by Gasteiger charge is -2.16. The fourth-order valence-corrected chi connectivity index (χ4v) is 2.64. The van der Waals surface area contributed by atoms with E-state index in [2.05, 4.69) is 11.1 Å². The number of benzene rings is 2. The highest BCUT2D eigenvalue weighted by atomic mass is 16.1. The van der Waals surface area contributed by atoms with Crippen molar-refractivity contribution >= 4 is 11.5 Å². The van der Waals surface area contributed by atoms with Gasteiger partial charge in [0.1, 0.15) is 0 Å². The van der Waals surface area contributed by atoms with Gasteiger partial charge in [0.2, 0.25) is 0 Å². The molecule has 0 aliphatic rings. The second kappa shape index (κ2) is 6.00. The second-order valence-electron chi connectivity index (χ2n) is 7.08. The lowest BCUT2D eigenvalue weighted by atomic mass is 9.86. The first-order valence-corrected chi connectivity index (χ1v) is 8.04. The van der Waals surface area contributed by atoms with E-state index in [4.69, 9.17) is 5.73 Å². The zero-order valence-electron chi connectivity index (χ0n) is 14.3. The molecule has 3 N–H and O–H groups in total. The van der Waals surface area contributed by atoms with E-state index in [1.54, 1.807) is 0 Å². The van der Waals surface area contributed by atoms with Crippen molar-refractivity contribution < 1.29 is 4.79 Å². The molecule has 0 spiro atoms. The fraction of sp³-hybridized carbons (Fsp3) is 0.190. The molecular formula is C21H22N2O. The molecule has 2 aromatic carbocycles. The molecule has 0 saturated carbocycles. The highest BCUT2D eigenvalue weighted by Crippen LogP contribution is 2.28. The van der Waals surface area contributed by atoms with Crippen LogP contribution < -0.4 is 5.73 Å². The van der Waals surface area contributed by atoms with Gasteiger partial charge in [0.25, 0.3) is 0 Å². The van der Waals surface area contributed by atoms with Crippen LogP contribution in [-0.4, -0.2) is 10.8 Å². The maximum absolute atomic E-state index is 12.3.